The number of rotatable bonds is 5. The molecule has 0 aliphatic carbocycles. The van der Waals surface area contributed by atoms with E-state index in [1.54, 1.807) is 18.2 Å². The molecule has 0 saturated heterocycles. The van der Waals surface area contributed by atoms with E-state index in [0.29, 0.717) is 29.2 Å². The highest BCUT2D eigenvalue weighted by atomic mass is 16.1. The molecule has 0 unspecified atom stereocenters. The molecule has 0 atom stereocenters. The molecule has 3 aromatic carbocycles. The normalized spacial score (nSPS) is 10.5. The smallest absolute Gasteiger partial charge is 0.255 e. The van der Waals surface area contributed by atoms with E-state index in [1.165, 1.54) is 0 Å². The number of amides is 2. The van der Waals surface area contributed by atoms with Crippen LogP contribution in [-0.4, -0.2) is 22.3 Å². The third kappa shape index (κ3) is 3.55. The van der Waals surface area contributed by atoms with Crippen LogP contribution in [0, 0.1) is 0 Å². The SMILES string of the molecule is O=CNc1ccc2nc(-c3ccc(NC(=O)c4ccccc4)cc3)[nH]c2c1. The first-order valence-corrected chi connectivity index (χ1v) is 8.40. The van der Waals surface area contributed by atoms with E-state index in [9.17, 15) is 9.59 Å². The number of hydrogen-bond acceptors (Lipinski definition) is 3. The van der Waals surface area contributed by atoms with Crippen molar-refractivity contribution in [2.45, 2.75) is 0 Å². The van der Waals surface area contributed by atoms with Crippen LogP contribution in [0.5, 0.6) is 0 Å². The number of nitrogens with one attached hydrogen (secondary N) is 3. The van der Waals surface area contributed by atoms with Gasteiger partial charge in [-0.1, -0.05) is 18.2 Å². The van der Waals surface area contributed by atoms with Crippen molar-refractivity contribution in [1.82, 2.24) is 9.97 Å². The highest BCUT2D eigenvalue weighted by Gasteiger charge is 2.08. The molecule has 1 aromatic heterocycles. The van der Waals surface area contributed by atoms with Crippen molar-refractivity contribution in [3.8, 4) is 11.4 Å². The van der Waals surface area contributed by atoms with Gasteiger partial charge in [0.1, 0.15) is 5.82 Å². The summed E-state index contributed by atoms with van der Waals surface area (Å²) in [6.45, 7) is 0. The van der Waals surface area contributed by atoms with Gasteiger partial charge in [0.2, 0.25) is 6.41 Å². The molecule has 0 spiro atoms. The number of carbonyl (C=O) groups is 2. The van der Waals surface area contributed by atoms with Gasteiger partial charge in [-0.2, -0.15) is 0 Å². The molecule has 132 valence electrons. The van der Waals surface area contributed by atoms with Gasteiger partial charge < -0.3 is 15.6 Å². The lowest BCUT2D eigenvalue weighted by molar-refractivity contribution is -0.105. The van der Waals surface area contributed by atoms with E-state index in [1.807, 2.05) is 54.6 Å². The van der Waals surface area contributed by atoms with Crippen molar-refractivity contribution in [2.24, 2.45) is 0 Å². The molecule has 3 N–H and O–H groups in total. The van der Waals surface area contributed by atoms with Crippen LogP contribution >= 0.6 is 0 Å². The number of aromatic amines is 1. The second-order valence-corrected chi connectivity index (χ2v) is 5.98. The van der Waals surface area contributed by atoms with Crippen LogP contribution < -0.4 is 10.6 Å². The summed E-state index contributed by atoms with van der Waals surface area (Å²) < 4.78 is 0. The summed E-state index contributed by atoms with van der Waals surface area (Å²) in [5.41, 5.74) is 4.56. The molecule has 0 fully saturated rings. The fourth-order valence-corrected chi connectivity index (χ4v) is 2.81. The number of imidazole rings is 1. The van der Waals surface area contributed by atoms with Crippen LogP contribution in [0.2, 0.25) is 0 Å². The first kappa shape index (κ1) is 16.5. The standard InChI is InChI=1S/C21H16N4O2/c26-13-22-17-10-11-18-19(12-17)25-20(24-18)14-6-8-16(9-7-14)23-21(27)15-4-2-1-3-5-15/h1-13H,(H,22,26)(H,23,27)(H,24,25). The number of carbonyl (C=O) groups excluding carboxylic acids is 2. The summed E-state index contributed by atoms with van der Waals surface area (Å²) in [5, 5.41) is 5.49. The van der Waals surface area contributed by atoms with Gasteiger partial charge in [0.05, 0.1) is 11.0 Å². The summed E-state index contributed by atoms with van der Waals surface area (Å²) in [6, 6.07) is 22.0. The Hall–Kier alpha value is -3.93. The maximum atomic E-state index is 12.2. The predicted octanol–water partition coefficient (Wildman–Crippen LogP) is 4.05. The number of anilines is 2. The maximum Gasteiger partial charge on any atom is 0.255 e. The second kappa shape index (κ2) is 7.13. The highest BCUT2D eigenvalue weighted by molar-refractivity contribution is 6.04. The quantitative estimate of drug-likeness (QED) is 0.472. The Labute approximate surface area is 155 Å². The van der Waals surface area contributed by atoms with Crippen LogP contribution in [0.15, 0.2) is 72.8 Å². The maximum absolute atomic E-state index is 12.2. The summed E-state index contributed by atoms with van der Waals surface area (Å²) >= 11 is 0. The van der Waals surface area contributed by atoms with Crippen LogP contribution in [-0.2, 0) is 4.79 Å². The molecule has 2 amide bonds. The van der Waals surface area contributed by atoms with Crippen molar-refractivity contribution < 1.29 is 9.59 Å². The van der Waals surface area contributed by atoms with Crippen molar-refractivity contribution >= 4 is 34.7 Å². The lowest BCUT2D eigenvalue weighted by Gasteiger charge is -2.05. The largest absolute Gasteiger partial charge is 0.338 e. The summed E-state index contributed by atoms with van der Waals surface area (Å²) in [7, 11) is 0. The third-order valence-corrected chi connectivity index (χ3v) is 4.16. The minimum atomic E-state index is -0.151. The summed E-state index contributed by atoms with van der Waals surface area (Å²) in [5.74, 6) is 0.566. The average Bonchev–Trinajstić information content (AvgIpc) is 3.13. The molecule has 0 saturated carbocycles. The zero-order chi connectivity index (χ0) is 18.6. The van der Waals surface area contributed by atoms with Crippen molar-refractivity contribution in [3.05, 3.63) is 78.4 Å². The van der Waals surface area contributed by atoms with Gasteiger partial charge in [-0.25, -0.2) is 4.98 Å². The molecule has 6 nitrogen and oxygen atoms in total. The number of nitrogens with zero attached hydrogens (tertiary/aromatic N) is 1. The Bertz CT molecular complexity index is 1100. The zero-order valence-corrected chi connectivity index (χ0v) is 14.3. The number of aromatic nitrogens is 2. The second-order valence-electron chi connectivity index (χ2n) is 5.98. The van der Waals surface area contributed by atoms with Crippen molar-refractivity contribution in [3.63, 3.8) is 0 Å². The van der Waals surface area contributed by atoms with Gasteiger partial charge in [-0.3, -0.25) is 9.59 Å². The van der Waals surface area contributed by atoms with E-state index in [0.717, 1.165) is 16.6 Å². The number of fused-ring (bicyclic) bond motifs is 1. The Balaban J connectivity index is 1.54. The Morgan fingerprint density at radius 3 is 2.41 bits per heavy atom. The molecule has 4 rings (SSSR count). The van der Waals surface area contributed by atoms with Crippen LogP contribution in [0.4, 0.5) is 11.4 Å². The molecule has 27 heavy (non-hydrogen) atoms. The van der Waals surface area contributed by atoms with E-state index in [4.69, 9.17) is 0 Å². The predicted molar refractivity (Wildman–Crippen MR) is 106 cm³/mol. The van der Waals surface area contributed by atoms with E-state index in [2.05, 4.69) is 20.6 Å². The third-order valence-electron chi connectivity index (χ3n) is 4.16. The number of benzene rings is 3. The van der Waals surface area contributed by atoms with Gasteiger partial charge in [-0.15, -0.1) is 0 Å². The Kier molecular flexibility index (Phi) is 4.37. The Morgan fingerprint density at radius 1 is 0.926 bits per heavy atom. The Morgan fingerprint density at radius 2 is 1.67 bits per heavy atom. The molecule has 1 heterocycles. The lowest BCUT2D eigenvalue weighted by Crippen LogP contribution is -2.11. The van der Waals surface area contributed by atoms with Gasteiger partial charge >= 0.3 is 0 Å². The van der Waals surface area contributed by atoms with Crippen LogP contribution in [0.3, 0.4) is 0 Å². The highest BCUT2D eigenvalue weighted by Crippen LogP contribution is 2.24. The number of hydrogen-bond donors (Lipinski definition) is 3. The first-order valence-electron chi connectivity index (χ1n) is 8.40. The molecule has 0 bridgehead atoms. The van der Waals surface area contributed by atoms with E-state index < -0.39 is 0 Å². The molecular weight excluding hydrogens is 340 g/mol. The van der Waals surface area contributed by atoms with Gasteiger partial charge in [0.25, 0.3) is 5.91 Å². The number of H-pyrrole nitrogens is 1. The van der Waals surface area contributed by atoms with Gasteiger partial charge in [-0.05, 0) is 54.6 Å². The lowest BCUT2D eigenvalue weighted by atomic mass is 10.1. The van der Waals surface area contributed by atoms with Crippen molar-refractivity contribution in [2.75, 3.05) is 10.6 Å². The van der Waals surface area contributed by atoms with E-state index in [-0.39, 0.29) is 5.91 Å². The molecular formula is C21H16N4O2. The molecule has 0 aliphatic heterocycles. The summed E-state index contributed by atoms with van der Waals surface area (Å²) in [4.78, 5) is 30.6. The van der Waals surface area contributed by atoms with Crippen LogP contribution in [0.1, 0.15) is 10.4 Å². The topological polar surface area (TPSA) is 86.9 Å². The summed E-state index contributed by atoms with van der Waals surface area (Å²) in [6.07, 6.45) is 0.640. The fourth-order valence-electron chi connectivity index (χ4n) is 2.81. The van der Waals surface area contributed by atoms with Gasteiger partial charge in [0.15, 0.2) is 0 Å². The van der Waals surface area contributed by atoms with E-state index >= 15 is 0 Å². The fraction of sp³-hybridized carbons (Fsp3) is 0. The molecule has 6 heteroatoms. The monoisotopic (exact) mass is 356 g/mol. The zero-order valence-electron chi connectivity index (χ0n) is 14.3. The van der Waals surface area contributed by atoms with Gasteiger partial charge in [0, 0.05) is 22.5 Å². The average molecular weight is 356 g/mol. The first-order chi connectivity index (χ1) is 13.2. The minimum Gasteiger partial charge on any atom is -0.338 e. The van der Waals surface area contributed by atoms with Crippen LogP contribution in [0.25, 0.3) is 22.4 Å². The van der Waals surface area contributed by atoms with Crippen molar-refractivity contribution in [1.29, 1.82) is 0 Å². The minimum absolute atomic E-state index is 0.151. The molecule has 0 radical (unpaired) electrons. The molecule has 0 aliphatic rings. The molecule has 4 aromatic rings.